The Morgan fingerprint density at radius 3 is 2.52 bits per heavy atom. The molecule has 1 aliphatic rings. The molecule has 1 N–H and O–H groups in total. The lowest BCUT2D eigenvalue weighted by molar-refractivity contribution is -0.134. The van der Waals surface area contributed by atoms with E-state index in [4.69, 9.17) is 9.47 Å². The third-order valence-corrected chi connectivity index (χ3v) is 3.84. The van der Waals surface area contributed by atoms with Gasteiger partial charge < -0.3 is 19.7 Å². The van der Waals surface area contributed by atoms with Gasteiger partial charge in [0.15, 0.2) is 6.61 Å². The predicted molar refractivity (Wildman–Crippen MR) is 93.6 cm³/mol. The number of likely N-dealkylation sites (tertiary alicyclic amines) is 1. The van der Waals surface area contributed by atoms with Crippen molar-refractivity contribution in [2.75, 3.05) is 33.4 Å². The minimum absolute atomic E-state index is 0. The molecule has 1 unspecified atom stereocenters. The fraction of sp³-hybridized carbons (Fsp3) is 0.588. The summed E-state index contributed by atoms with van der Waals surface area (Å²) in [7, 11) is 1.94. The van der Waals surface area contributed by atoms with Gasteiger partial charge in [-0.25, -0.2) is 0 Å². The second-order valence-corrected chi connectivity index (χ2v) is 5.58. The van der Waals surface area contributed by atoms with E-state index in [2.05, 4.69) is 12.2 Å². The molecule has 1 aromatic rings. The Kier molecular flexibility index (Phi) is 8.81. The van der Waals surface area contributed by atoms with Crippen molar-refractivity contribution >= 4 is 18.3 Å². The Bertz CT molecular complexity index is 467. The highest BCUT2D eigenvalue weighted by molar-refractivity contribution is 5.85. The molecule has 1 heterocycles. The third kappa shape index (κ3) is 6.28. The zero-order valence-electron chi connectivity index (χ0n) is 13.9. The molecule has 1 aliphatic heterocycles. The van der Waals surface area contributed by atoms with Crippen molar-refractivity contribution in [1.29, 1.82) is 0 Å². The van der Waals surface area contributed by atoms with Crippen LogP contribution in [0.1, 0.15) is 26.2 Å². The van der Waals surface area contributed by atoms with Crippen LogP contribution in [0.5, 0.6) is 11.5 Å². The van der Waals surface area contributed by atoms with E-state index in [1.165, 1.54) is 0 Å². The Morgan fingerprint density at radius 2 is 1.91 bits per heavy atom. The zero-order valence-corrected chi connectivity index (χ0v) is 14.7. The van der Waals surface area contributed by atoms with E-state index >= 15 is 0 Å². The first-order chi connectivity index (χ1) is 10.7. The molecule has 0 aliphatic carbocycles. The summed E-state index contributed by atoms with van der Waals surface area (Å²) in [6.07, 6.45) is 3.15. The molecule has 1 fully saturated rings. The predicted octanol–water partition coefficient (Wildman–Crippen LogP) is 2.49. The molecule has 1 saturated heterocycles. The standard InChI is InChI=1S/C17H26N2O3.ClH/c1-3-11-21-15-6-8-16(9-7-15)22-13-17(20)19-10-4-5-14(12-19)18-2;/h6-9,14,18H,3-5,10-13H2,1-2H3;1H. The van der Waals surface area contributed by atoms with E-state index in [-0.39, 0.29) is 24.9 Å². The molecule has 6 heteroatoms. The number of nitrogens with zero attached hydrogens (tertiary/aromatic N) is 1. The van der Waals surface area contributed by atoms with Gasteiger partial charge in [0, 0.05) is 19.1 Å². The molecule has 0 spiro atoms. The topological polar surface area (TPSA) is 50.8 Å². The van der Waals surface area contributed by atoms with Crippen molar-refractivity contribution in [3.05, 3.63) is 24.3 Å². The van der Waals surface area contributed by atoms with Crippen LogP contribution in [0.2, 0.25) is 0 Å². The molecule has 23 heavy (non-hydrogen) atoms. The molecule has 5 nitrogen and oxygen atoms in total. The van der Waals surface area contributed by atoms with Gasteiger partial charge in [-0.1, -0.05) is 6.92 Å². The highest BCUT2D eigenvalue weighted by Gasteiger charge is 2.22. The van der Waals surface area contributed by atoms with Crippen molar-refractivity contribution in [1.82, 2.24) is 10.2 Å². The maximum Gasteiger partial charge on any atom is 0.260 e. The number of halogens is 1. The first-order valence-corrected chi connectivity index (χ1v) is 8.03. The van der Waals surface area contributed by atoms with Gasteiger partial charge in [-0.3, -0.25) is 4.79 Å². The highest BCUT2D eigenvalue weighted by atomic mass is 35.5. The van der Waals surface area contributed by atoms with E-state index in [1.54, 1.807) is 0 Å². The van der Waals surface area contributed by atoms with Crippen molar-refractivity contribution in [2.45, 2.75) is 32.2 Å². The number of nitrogens with one attached hydrogen (secondary N) is 1. The van der Waals surface area contributed by atoms with E-state index in [9.17, 15) is 4.79 Å². The van der Waals surface area contributed by atoms with Crippen molar-refractivity contribution < 1.29 is 14.3 Å². The summed E-state index contributed by atoms with van der Waals surface area (Å²) in [6, 6.07) is 7.81. The Labute approximate surface area is 144 Å². The van der Waals surface area contributed by atoms with Crippen LogP contribution in [-0.4, -0.2) is 50.2 Å². The number of likely N-dealkylation sites (N-methyl/N-ethyl adjacent to an activating group) is 1. The maximum atomic E-state index is 12.2. The quantitative estimate of drug-likeness (QED) is 0.827. The first-order valence-electron chi connectivity index (χ1n) is 8.03. The Morgan fingerprint density at radius 1 is 1.26 bits per heavy atom. The van der Waals surface area contributed by atoms with Gasteiger partial charge in [0.05, 0.1) is 6.61 Å². The monoisotopic (exact) mass is 342 g/mol. The first kappa shape index (κ1) is 19.6. The maximum absolute atomic E-state index is 12.2. The van der Waals surface area contributed by atoms with Crippen LogP contribution in [-0.2, 0) is 4.79 Å². The molecule has 0 aromatic heterocycles. The third-order valence-electron chi connectivity index (χ3n) is 3.84. The molecule has 1 amide bonds. The summed E-state index contributed by atoms with van der Waals surface area (Å²) < 4.78 is 11.1. The summed E-state index contributed by atoms with van der Waals surface area (Å²) in [4.78, 5) is 14.1. The Hall–Kier alpha value is -1.46. The SMILES string of the molecule is CCCOc1ccc(OCC(=O)N2CCCC(NC)C2)cc1.Cl. The second kappa shape index (κ2) is 10.3. The number of hydrogen-bond donors (Lipinski definition) is 1. The molecule has 2 rings (SSSR count). The van der Waals surface area contributed by atoms with Crippen LogP contribution in [0.4, 0.5) is 0 Å². The molecule has 0 bridgehead atoms. The van der Waals surface area contributed by atoms with E-state index < -0.39 is 0 Å². The molecule has 130 valence electrons. The molecular weight excluding hydrogens is 316 g/mol. The summed E-state index contributed by atoms with van der Waals surface area (Å²) in [5, 5.41) is 3.24. The lowest BCUT2D eigenvalue weighted by Gasteiger charge is -2.32. The number of amides is 1. The number of hydrogen-bond acceptors (Lipinski definition) is 4. The lowest BCUT2D eigenvalue weighted by atomic mass is 10.1. The van der Waals surface area contributed by atoms with E-state index in [0.29, 0.717) is 18.4 Å². The van der Waals surface area contributed by atoms with E-state index in [0.717, 1.165) is 38.1 Å². The number of carbonyl (C=O) groups is 1. The minimum atomic E-state index is 0. The number of rotatable bonds is 7. The molecule has 1 atom stereocenters. The molecule has 1 aromatic carbocycles. The lowest BCUT2D eigenvalue weighted by Crippen LogP contribution is -2.48. The fourth-order valence-electron chi connectivity index (χ4n) is 2.53. The van der Waals surface area contributed by atoms with Gasteiger partial charge in [-0.15, -0.1) is 12.4 Å². The van der Waals surface area contributed by atoms with Crippen LogP contribution < -0.4 is 14.8 Å². The summed E-state index contributed by atoms with van der Waals surface area (Å²) in [5.74, 6) is 1.57. The normalized spacial score (nSPS) is 17.3. The van der Waals surface area contributed by atoms with Crippen LogP contribution >= 0.6 is 12.4 Å². The van der Waals surface area contributed by atoms with Gasteiger partial charge in [-0.05, 0) is 50.6 Å². The number of carbonyl (C=O) groups excluding carboxylic acids is 1. The van der Waals surface area contributed by atoms with Crippen molar-refractivity contribution in [3.63, 3.8) is 0 Å². The van der Waals surface area contributed by atoms with Crippen LogP contribution in [0.3, 0.4) is 0 Å². The van der Waals surface area contributed by atoms with Gasteiger partial charge in [0.25, 0.3) is 5.91 Å². The summed E-state index contributed by atoms with van der Waals surface area (Å²) in [5.41, 5.74) is 0. The Balaban J connectivity index is 0.00000264. The van der Waals surface area contributed by atoms with Crippen molar-refractivity contribution in [2.24, 2.45) is 0 Å². The smallest absolute Gasteiger partial charge is 0.260 e. The van der Waals surface area contributed by atoms with Gasteiger partial charge in [0.2, 0.25) is 0 Å². The van der Waals surface area contributed by atoms with Gasteiger partial charge in [-0.2, -0.15) is 0 Å². The van der Waals surface area contributed by atoms with Gasteiger partial charge >= 0.3 is 0 Å². The van der Waals surface area contributed by atoms with Crippen molar-refractivity contribution in [3.8, 4) is 11.5 Å². The number of ether oxygens (including phenoxy) is 2. The largest absolute Gasteiger partial charge is 0.494 e. The fourth-order valence-corrected chi connectivity index (χ4v) is 2.53. The molecule has 0 saturated carbocycles. The highest BCUT2D eigenvalue weighted by Crippen LogP contribution is 2.18. The number of benzene rings is 1. The second-order valence-electron chi connectivity index (χ2n) is 5.58. The summed E-state index contributed by atoms with van der Waals surface area (Å²) >= 11 is 0. The molecule has 0 radical (unpaired) electrons. The average Bonchev–Trinajstić information content (AvgIpc) is 2.58. The average molecular weight is 343 g/mol. The number of piperidine rings is 1. The van der Waals surface area contributed by atoms with Crippen LogP contribution in [0.15, 0.2) is 24.3 Å². The van der Waals surface area contributed by atoms with Gasteiger partial charge in [0.1, 0.15) is 11.5 Å². The van der Waals surface area contributed by atoms with E-state index in [1.807, 2.05) is 36.2 Å². The zero-order chi connectivity index (χ0) is 15.8. The molecular formula is C17H27ClN2O3. The van der Waals surface area contributed by atoms with Crippen LogP contribution in [0.25, 0.3) is 0 Å². The van der Waals surface area contributed by atoms with Crippen LogP contribution in [0, 0.1) is 0 Å². The summed E-state index contributed by atoms with van der Waals surface area (Å²) in [6.45, 7) is 4.46. The minimum Gasteiger partial charge on any atom is -0.494 e.